The summed E-state index contributed by atoms with van der Waals surface area (Å²) in [5, 5.41) is 2.26. The Kier molecular flexibility index (Phi) is 5.03. The lowest BCUT2D eigenvalue weighted by Gasteiger charge is -2.19. The molecule has 2 rings (SSSR count). The predicted molar refractivity (Wildman–Crippen MR) is 85.1 cm³/mol. The first kappa shape index (κ1) is 15.0. The largest absolute Gasteiger partial charge is 0.0827 e. The van der Waals surface area contributed by atoms with Crippen LogP contribution in [0, 0.1) is 0 Å². The molecule has 4 heteroatoms. The van der Waals surface area contributed by atoms with Crippen molar-refractivity contribution in [3.05, 3.63) is 67.6 Å². The van der Waals surface area contributed by atoms with E-state index in [0.717, 1.165) is 17.5 Å². The van der Waals surface area contributed by atoms with Crippen molar-refractivity contribution in [2.45, 2.75) is 19.3 Å². The van der Waals surface area contributed by atoms with E-state index in [0.29, 0.717) is 20.1 Å². The molecule has 0 nitrogen and oxygen atoms in total. The Morgan fingerprint density at radius 2 is 1.21 bits per heavy atom. The Morgan fingerprint density at radius 1 is 0.789 bits per heavy atom. The van der Waals surface area contributed by atoms with Crippen LogP contribution in [0.5, 0.6) is 0 Å². The molecule has 2 aromatic rings. The molecule has 100 valence electrons. The topological polar surface area (TPSA) is 0 Å². The average Bonchev–Trinajstić information content (AvgIpc) is 2.40. The number of halogens is 4. The molecule has 0 unspecified atom stereocenters. The molecule has 19 heavy (non-hydrogen) atoms. The van der Waals surface area contributed by atoms with Crippen LogP contribution in [0.4, 0.5) is 0 Å². The molecular formula is C15H12Cl4. The minimum absolute atomic E-state index is 0.0809. The molecule has 0 amide bonds. The van der Waals surface area contributed by atoms with Crippen LogP contribution in [0.1, 0.15) is 30.4 Å². The third-order valence-corrected chi connectivity index (χ3v) is 4.79. The highest BCUT2D eigenvalue weighted by Gasteiger charge is 2.20. The number of hydrogen-bond acceptors (Lipinski definition) is 0. The van der Waals surface area contributed by atoms with E-state index in [4.69, 9.17) is 46.4 Å². The smallest absolute Gasteiger partial charge is 0.0630 e. The standard InChI is InChI=1S/C15H12Cl4/c1-2-9(10-5-3-7-12(16)14(10)18)11-6-4-8-13(17)15(11)19/h3-9H,2H2,1H3. The molecule has 0 atom stereocenters. The van der Waals surface area contributed by atoms with Crippen LogP contribution < -0.4 is 0 Å². The van der Waals surface area contributed by atoms with Crippen molar-refractivity contribution in [2.24, 2.45) is 0 Å². The molecule has 0 saturated carbocycles. The first-order chi connectivity index (χ1) is 9.06. The molecule has 0 N–H and O–H groups in total. The average molecular weight is 334 g/mol. The lowest BCUT2D eigenvalue weighted by atomic mass is 9.89. The molecule has 0 heterocycles. The summed E-state index contributed by atoms with van der Waals surface area (Å²) >= 11 is 24.8. The number of benzene rings is 2. The van der Waals surface area contributed by atoms with Gasteiger partial charge in [-0.3, -0.25) is 0 Å². The summed E-state index contributed by atoms with van der Waals surface area (Å²) in [6, 6.07) is 11.3. The summed E-state index contributed by atoms with van der Waals surface area (Å²) in [7, 11) is 0. The quantitative estimate of drug-likeness (QED) is 0.576. The maximum absolute atomic E-state index is 6.30. The lowest BCUT2D eigenvalue weighted by molar-refractivity contribution is 0.778. The third kappa shape index (κ3) is 3.03. The number of rotatable bonds is 3. The fraction of sp³-hybridized carbons (Fsp3) is 0.200. The van der Waals surface area contributed by atoms with Gasteiger partial charge in [-0.2, -0.15) is 0 Å². The fourth-order valence-corrected chi connectivity index (χ4v) is 3.07. The minimum atomic E-state index is 0.0809. The summed E-state index contributed by atoms with van der Waals surface area (Å²) in [6.07, 6.45) is 0.861. The van der Waals surface area contributed by atoms with Crippen LogP contribution in [0.2, 0.25) is 20.1 Å². The minimum Gasteiger partial charge on any atom is -0.0827 e. The highest BCUT2D eigenvalue weighted by molar-refractivity contribution is 6.43. The summed E-state index contributed by atoms with van der Waals surface area (Å²) < 4.78 is 0. The predicted octanol–water partition coefficient (Wildman–Crippen LogP) is 6.84. The first-order valence-corrected chi connectivity index (χ1v) is 7.45. The van der Waals surface area contributed by atoms with Crippen LogP contribution >= 0.6 is 46.4 Å². The molecule has 2 aromatic carbocycles. The summed E-state index contributed by atoms with van der Waals surface area (Å²) in [6.45, 7) is 2.08. The van der Waals surface area contributed by atoms with E-state index in [-0.39, 0.29) is 5.92 Å². The van der Waals surface area contributed by atoms with E-state index in [9.17, 15) is 0 Å². The second-order valence-electron chi connectivity index (χ2n) is 4.25. The monoisotopic (exact) mass is 332 g/mol. The highest BCUT2D eigenvalue weighted by Crippen LogP contribution is 2.40. The summed E-state index contributed by atoms with van der Waals surface area (Å²) in [4.78, 5) is 0. The van der Waals surface area contributed by atoms with Gasteiger partial charge in [0.15, 0.2) is 0 Å². The maximum atomic E-state index is 6.30. The summed E-state index contributed by atoms with van der Waals surface area (Å²) in [5.74, 6) is 0.0809. The van der Waals surface area contributed by atoms with Gasteiger partial charge in [-0.1, -0.05) is 77.6 Å². The van der Waals surface area contributed by atoms with Gasteiger partial charge in [0.2, 0.25) is 0 Å². The van der Waals surface area contributed by atoms with Crippen LogP contribution in [0.3, 0.4) is 0 Å². The van der Waals surface area contributed by atoms with E-state index >= 15 is 0 Å². The Balaban J connectivity index is 2.57. The van der Waals surface area contributed by atoms with Crippen molar-refractivity contribution in [3.63, 3.8) is 0 Å². The lowest BCUT2D eigenvalue weighted by Crippen LogP contribution is -2.02. The maximum Gasteiger partial charge on any atom is 0.0630 e. The van der Waals surface area contributed by atoms with Crippen molar-refractivity contribution in [1.82, 2.24) is 0 Å². The zero-order chi connectivity index (χ0) is 14.0. The van der Waals surface area contributed by atoms with Crippen LogP contribution in [-0.2, 0) is 0 Å². The zero-order valence-electron chi connectivity index (χ0n) is 10.3. The van der Waals surface area contributed by atoms with Crippen molar-refractivity contribution >= 4 is 46.4 Å². The normalized spacial score (nSPS) is 11.1. The van der Waals surface area contributed by atoms with Gasteiger partial charge in [-0.25, -0.2) is 0 Å². The van der Waals surface area contributed by atoms with E-state index in [1.165, 1.54) is 0 Å². The molecule has 0 radical (unpaired) electrons. The Morgan fingerprint density at radius 3 is 1.58 bits per heavy atom. The van der Waals surface area contributed by atoms with Crippen LogP contribution in [0.25, 0.3) is 0 Å². The number of hydrogen-bond donors (Lipinski definition) is 0. The highest BCUT2D eigenvalue weighted by atomic mass is 35.5. The fourth-order valence-electron chi connectivity index (χ4n) is 2.19. The molecular weight excluding hydrogens is 322 g/mol. The third-order valence-electron chi connectivity index (χ3n) is 3.12. The van der Waals surface area contributed by atoms with Gasteiger partial charge in [0.25, 0.3) is 0 Å². The van der Waals surface area contributed by atoms with Gasteiger partial charge in [0.05, 0.1) is 20.1 Å². The van der Waals surface area contributed by atoms with E-state index in [1.54, 1.807) is 12.1 Å². The molecule has 0 saturated heterocycles. The SMILES string of the molecule is CCC(c1cccc(Cl)c1Cl)c1cccc(Cl)c1Cl. The van der Waals surface area contributed by atoms with Gasteiger partial charge in [0, 0.05) is 5.92 Å². The van der Waals surface area contributed by atoms with Gasteiger partial charge >= 0.3 is 0 Å². The van der Waals surface area contributed by atoms with Crippen molar-refractivity contribution in [3.8, 4) is 0 Å². The molecule has 0 aromatic heterocycles. The zero-order valence-corrected chi connectivity index (χ0v) is 13.3. The molecule has 0 bridgehead atoms. The van der Waals surface area contributed by atoms with Crippen molar-refractivity contribution in [2.75, 3.05) is 0 Å². The summed E-state index contributed by atoms with van der Waals surface area (Å²) in [5.41, 5.74) is 1.95. The van der Waals surface area contributed by atoms with E-state index < -0.39 is 0 Å². The second kappa shape index (κ2) is 6.37. The molecule has 0 fully saturated rings. The molecule has 0 spiro atoms. The van der Waals surface area contributed by atoms with Crippen molar-refractivity contribution in [1.29, 1.82) is 0 Å². The van der Waals surface area contributed by atoms with Crippen molar-refractivity contribution < 1.29 is 0 Å². The second-order valence-corrected chi connectivity index (χ2v) is 5.82. The van der Waals surface area contributed by atoms with E-state index in [1.807, 2.05) is 24.3 Å². The van der Waals surface area contributed by atoms with Gasteiger partial charge < -0.3 is 0 Å². The van der Waals surface area contributed by atoms with Crippen LogP contribution in [-0.4, -0.2) is 0 Å². The van der Waals surface area contributed by atoms with Gasteiger partial charge in [0.1, 0.15) is 0 Å². The van der Waals surface area contributed by atoms with Crippen LogP contribution in [0.15, 0.2) is 36.4 Å². The first-order valence-electron chi connectivity index (χ1n) is 5.94. The molecule has 0 aliphatic heterocycles. The van der Waals surface area contributed by atoms with Gasteiger partial charge in [-0.15, -0.1) is 0 Å². The molecule has 0 aliphatic rings. The Hall–Kier alpha value is -0.400. The van der Waals surface area contributed by atoms with E-state index in [2.05, 4.69) is 6.92 Å². The van der Waals surface area contributed by atoms with Gasteiger partial charge in [-0.05, 0) is 29.7 Å². The molecule has 0 aliphatic carbocycles. The Bertz CT molecular complexity index is 541. The Labute approximate surface area is 133 Å².